The van der Waals surface area contributed by atoms with Gasteiger partial charge in [0, 0.05) is 23.7 Å². The van der Waals surface area contributed by atoms with Crippen molar-refractivity contribution in [3.8, 4) is 0 Å². The van der Waals surface area contributed by atoms with Crippen molar-refractivity contribution >= 4 is 38.6 Å². The van der Waals surface area contributed by atoms with Crippen molar-refractivity contribution in [2.45, 2.75) is 57.1 Å². The van der Waals surface area contributed by atoms with Gasteiger partial charge in [-0.15, -0.1) is 0 Å². The number of benzene rings is 1. The minimum absolute atomic E-state index is 0.0756. The smallest absolute Gasteiger partial charge is 0.287 e. The molecule has 2 unspecified atom stereocenters. The van der Waals surface area contributed by atoms with Crippen LogP contribution in [0.4, 0.5) is 0 Å². The molecule has 2 N–H and O–H groups in total. The van der Waals surface area contributed by atoms with E-state index in [1.807, 2.05) is 32.0 Å². The van der Waals surface area contributed by atoms with Gasteiger partial charge in [-0.2, -0.15) is 4.31 Å². The first-order valence-electron chi connectivity index (χ1n) is 12.6. The second kappa shape index (κ2) is 11.4. The summed E-state index contributed by atoms with van der Waals surface area (Å²) in [7, 11) is -3.94. The second-order valence-electron chi connectivity index (χ2n) is 9.88. The molecule has 1 fully saturated rings. The quantitative estimate of drug-likeness (QED) is 0.448. The molecule has 0 radical (unpaired) electrons. The molecule has 10 nitrogen and oxygen atoms in total. The Labute approximate surface area is 221 Å². The zero-order valence-corrected chi connectivity index (χ0v) is 22.5. The number of pyridine rings is 1. The number of fused-ring (bicyclic) bond motifs is 1. The Morgan fingerprint density at radius 1 is 1.16 bits per heavy atom. The van der Waals surface area contributed by atoms with E-state index in [2.05, 4.69) is 15.6 Å². The van der Waals surface area contributed by atoms with E-state index in [1.165, 1.54) is 12.3 Å². The number of aromatic nitrogens is 1. The summed E-state index contributed by atoms with van der Waals surface area (Å²) >= 11 is 0. The molecular formula is C27H32N4O6S. The number of rotatable bonds is 8. The molecule has 38 heavy (non-hydrogen) atoms. The van der Waals surface area contributed by atoms with Crippen molar-refractivity contribution < 1.29 is 27.2 Å². The number of nitrogens with one attached hydrogen (secondary N) is 2. The normalized spacial score (nSPS) is 17.8. The lowest BCUT2D eigenvalue weighted by Crippen LogP contribution is -2.52. The summed E-state index contributed by atoms with van der Waals surface area (Å²) in [6.07, 6.45) is 2.38. The molecule has 1 aliphatic rings. The molecule has 1 aliphatic heterocycles. The van der Waals surface area contributed by atoms with Crippen molar-refractivity contribution in [2.75, 3.05) is 13.1 Å². The summed E-state index contributed by atoms with van der Waals surface area (Å²) in [5, 5.41) is 6.21. The molecule has 2 atom stereocenters. The Balaban J connectivity index is 1.46. The number of hydrogen-bond acceptors (Lipinski definition) is 7. The maximum Gasteiger partial charge on any atom is 0.287 e. The lowest BCUT2D eigenvalue weighted by molar-refractivity contribution is -0.129. The number of sulfonamides is 1. The molecule has 3 heterocycles. The average molecular weight is 541 g/mol. The lowest BCUT2D eigenvalue weighted by atomic mass is 10.0. The van der Waals surface area contributed by atoms with Crippen molar-refractivity contribution in [1.82, 2.24) is 19.9 Å². The second-order valence-corrected chi connectivity index (χ2v) is 11.8. The van der Waals surface area contributed by atoms with Crippen LogP contribution in [-0.2, 0) is 19.6 Å². The van der Waals surface area contributed by atoms with Crippen LogP contribution in [0.3, 0.4) is 0 Å². The SMILES string of the molecule is Cc1c(C(=O)NC(CC(C)C)C(=O)NC2CCCN(S(=O)(=O)c3ccccn3)CC2=O)oc2ccccc12. The molecule has 3 aromatic rings. The monoisotopic (exact) mass is 540 g/mol. The summed E-state index contributed by atoms with van der Waals surface area (Å²) in [4.78, 5) is 43.3. The number of carbonyl (C=O) groups excluding carboxylic acids is 3. The average Bonchev–Trinajstić information content (AvgIpc) is 3.11. The van der Waals surface area contributed by atoms with Crippen molar-refractivity contribution in [3.63, 3.8) is 0 Å². The third kappa shape index (κ3) is 5.94. The van der Waals surface area contributed by atoms with Gasteiger partial charge in [-0.05, 0) is 50.3 Å². The Bertz CT molecular complexity index is 1430. The van der Waals surface area contributed by atoms with Crippen molar-refractivity contribution in [2.24, 2.45) is 5.92 Å². The van der Waals surface area contributed by atoms with E-state index in [4.69, 9.17) is 4.42 Å². The zero-order valence-electron chi connectivity index (χ0n) is 21.6. The molecule has 0 spiro atoms. The third-order valence-corrected chi connectivity index (χ3v) is 8.32. The van der Waals surface area contributed by atoms with Gasteiger partial charge < -0.3 is 15.1 Å². The first-order chi connectivity index (χ1) is 18.1. The Hall–Kier alpha value is -3.57. The molecule has 0 bridgehead atoms. The molecule has 0 aliphatic carbocycles. The van der Waals surface area contributed by atoms with Crippen LogP contribution in [0, 0.1) is 12.8 Å². The van der Waals surface area contributed by atoms with Crippen LogP contribution < -0.4 is 10.6 Å². The van der Waals surface area contributed by atoms with E-state index < -0.39 is 39.7 Å². The summed E-state index contributed by atoms with van der Waals surface area (Å²) < 4.78 is 32.8. The summed E-state index contributed by atoms with van der Waals surface area (Å²) in [5.41, 5.74) is 1.25. The topological polar surface area (TPSA) is 139 Å². The molecule has 202 valence electrons. The number of Topliss-reactive ketones (excluding diaryl/α,β-unsaturated/α-hetero) is 1. The first kappa shape index (κ1) is 27.5. The summed E-state index contributed by atoms with van der Waals surface area (Å²) in [6.45, 7) is 5.40. The fourth-order valence-corrected chi connectivity index (χ4v) is 5.95. The number of furan rings is 1. The molecular weight excluding hydrogens is 508 g/mol. The Morgan fingerprint density at radius 2 is 1.89 bits per heavy atom. The van der Waals surface area contributed by atoms with Gasteiger partial charge in [-0.25, -0.2) is 13.4 Å². The van der Waals surface area contributed by atoms with Crippen LogP contribution in [0.5, 0.6) is 0 Å². The van der Waals surface area contributed by atoms with Gasteiger partial charge in [0.25, 0.3) is 15.9 Å². The maximum atomic E-state index is 13.3. The lowest BCUT2D eigenvalue weighted by Gasteiger charge is -2.23. The van der Waals surface area contributed by atoms with E-state index in [0.29, 0.717) is 24.0 Å². The van der Waals surface area contributed by atoms with Crippen LogP contribution in [-0.4, -0.2) is 60.5 Å². The third-order valence-electron chi connectivity index (χ3n) is 6.56. The van der Waals surface area contributed by atoms with Crippen LogP contribution in [0.1, 0.15) is 49.2 Å². The minimum atomic E-state index is -3.94. The van der Waals surface area contributed by atoms with E-state index >= 15 is 0 Å². The highest BCUT2D eigenvalue weighted by Crippen LogP contribution is 2.25. The predicted octanol–water partition coefficient (Wildman–Crippen LogP) is 2.82. The van der Waals surface area contributed by atoms with Gasteiger partial charge in [-0.1, -0.05) is 38.1 Å². The van der Waals surface area contributed by atoms with Gasteiger partial charge in [0.2, 0.25) is 5.91 Å². The molecule has 2 aromatic heterocycles. The first-order valence-corrected chi connectivity index (χ1v) is 14.0. The van der Waals surface area contributed by atoms with Gasteiger partial charge in [-0.3, -0.25) is 14.4 Å². The molecule has 2 amide bonds. The predicted molar refractivity (Wildman–Crippen MR) is 141 cm³/mol. The minimum Gasteiger partial charge on any atom is -0.451 e. The largest absolute Gasteiger partial charge is 0.451 e. The van der Waals surface area contributed by atoms with Crippen LogP contribution in [0.15, 0.2) is 58.1 Å². The van der Waals surface area contributed by atoms with E-state index in [9.17, 15) is 22.8 Å². The number of para-hydroxylation sites is 1. The highest BCUT2D eigenvalue weighted by atomic mass is 32.2. The molecule has 11 heteroatoms. The number of nitrogens with zero attached hydrogens (tertiary/aromatic N) is 2. The fraction of sp³-hybridized carbons (Fsp3) is 0.407. The standard InChI is InChI=1S/C27H32N4O6S/c1-17(2)15-21(30-27(34)25-18(3)19-9-4-5-11-23(19)37-25)26(33)29-20-10-8-14-31(16-22(20)32)38(35,36)24-12-6-7-13-28-24/h4-7,9,11-13,17,20-21H,8,10,14-16H2,1-3H3,(H,29,33)(H,30,34). The van der Waals surface area contributed by atoms with Crippen molar-refractivity contribution in [3.05, 3.63) is 60.0 Å². The van der Waals surface area contributed by atoms with E-state index in [1.54, 1.807) is 25.1 Å². The van der Waals surface area contributed by atoms with Gasteiger partial charge >= 0.3 is 0 Å². The van der Waals surface area contributed by atoms with Gasteiger partial charge in [0.05, 0.1) is 12.6 Å². The van der Waals surface area contributed by atoms with Crippen LogP contribution in [0.25, 0.3) is 11.0 Å². The zero-order chi connectivity index (χ0) is 27.4. The van der Waals surface area contributed by atoms with Crippen LogP contribution in [0.2, 0.25) is 0 Å². The number of ketones is 1. The number of amides is 2. The Morgan fingerprint density at radius 3 is 2.58 bits per heavy atom. The van der Waals surface area contributed by atoms with E-state index in [-0.39, 0.29) is 36.2 Å². The summed E-state index contributed by atoms with van der Waals surface area (Å²) in [5.74, 6) is -1.22. The number of hydrogen-bond donors (Lipinski definition) is 2. The number of aryl methyl sites for hydroxylation is 1. The highest BCUT2D eigenvalue weighted by molar-refractivity contribution is 7.89. The summed E-state index contributed by atoms with van der Waals surface area (Å²) in [6, 6.07) is 10.1. The maximum absolute atomic E-state index is 13.3. The van der Waals surface area contributed by atoms with Crippen molar-refractivity contribution in [1.29, 1.82) is 0 Å². The number of carbonyl (C=O) groups is 3. The molecule has 1 aromatic carbocycles. The van der Waals surface area contributed by atoms with Gasteiger partial charge in [0.15, 0.2) is 16.6 Å². The van der Waals surface area contributed by atoms with E-state index in [0.717, 1.165) is 9.69 Å². The molecule has 0 saturated carbocycles. The molecule has 1 saturated heterocycles. The van der Waals surface area contributed by atoms with Crippen LogP contribution >= 0.6 is 0 Å². The van der Waals surface area contributed by atoms with Gasteiger partial charge in [0.1, 0.15) is 11.6 Å². The molecule has 4 rings (SSSR count). The fourth-order valence-electron chi connectivity index (χ4n) is 4.58. The highest BCUT2D eigenvalue weighted by Gasteiger charge is 2.35. The Kier molecular flexibility index (Phi) is 8.27.